The lowest BCUT2D eigenvalue weighted by Crippen LogP contribution is -2.65. The van der Waals surface area contributed by atoms with Crippen LogP contribution in [0, 0.1) is 5.92 Å². The average Bonchev–Trinajstić information content (AvgIpc) is 3.38. The molecule has 3 rings (SSSR count). The van der Waals surface area contributed by atoms with Crippen molar-refractivity contribution in [3.63, 3.8) is 0 Å². The molecule has 12 heteroatoms. The van der Waals surface area contributed by atoms with E-state index >= 15 is 0 Å². The molecule has 1 amide bonds. The standard InChI is InChI=1S/C26H40N2O9S/c1-4-7-15-12-17(27-13-15)24(33)28-19(14(2)29)23-21(31)20(30)22(32)26(37-23)38-11-10-36-25(34)16-8-5-6-9-18(16)35-3/h5-6,8-9,14-15,17,19-23,26-27,29-32H,4,7,10-13H2,1-3H3,(H,28,33)/t14-,15-,17+,19-,20+,21-,22-,23-,26-/m1/s1. The number of carbonyl (C=O) groups excluding carboxylic acids is 2. The first-order chi connectivity index (χ1) is 18.2. The van der Waals surface area contributed by atoms with Gasteiger partial charge in [0.25, 0.3) is 0 Å². The number of esters is 1. The number of aliphatic hydroxyl groups is 4. The summed E-state index contributed by atoms with van der Waals surface area (Å²) in [5.41, 5.74) is -0.721. The topological polar surface area (TPSA) is 167 Å². The fourth-order valence-corrected chi connectivity index (χ4v) is 5.85. The Morgan fingerprint density at radius 1 is 1.21 bits per heavy atom. The van der Waals surface area contributed by atoms with E-state index in [1.54, 1.807) is 24.3 Å². The van der Waals surface area contributed by atoms with Crippen molar-refractivity contribution in [2.24, 2.45) is 5.92 Å². The lowest BCUT2D eigenvalue weighted by Gasteiger charge is -2.44. The number of benzene rings is 1. The Labute approximate surface area is 227 Å². The maximum Gasteiger partial charge on any atom is 0.341 e. The molecule has 0 spiro atoms. The third kappa shape index (κ3) is 7.59. The molecule has 2 aliphatic heterocycles. The van der Waals surface area contributed by atoms with Crippen molar-refractivity contribution in [3.05, 3.63) is 29.8 Å². The van der Waals surface area contributed by atoms with Crippen LogP contribution < -0.4 is 15.4 Å². The highest BCUT2D eigenvalue weighted by Crippen LogP contribution is 2.31. The molecule has 1 aromatic rings. The number of hydrogen-bond donors (Lipinski definition) is 6. The quantitative estimate of drug-likeness (QED) is 0.152. The number of amides is 1. The van der Waals surface area contributed by atoms with Gasteiger partial charge in [-0.1, -0.05) is 25.5 Å². The number of carbonyl (C=O) groups is 2. The highest BCUT2D eigenvalue weighted by molar-refractivity contribution is 7.99. The van der Waals surface area contributed by atoms with Crippen LogP contribution in [0.4, 0.5) is 0 Å². The number of rotatable bonds is 12. The lowest BCUT2D eigenvalue weighted by molar-refractivity contribution is -0.211. The Bertz CT molecular complexity index is 920. The van der Waals surface area contributed by atoms with Gasteiger partial charge < -0.3 is 45.3 Å². The Morgan fingerprint density at radius 2 is 1.95 bits per heavy atom. The first-order valence-electron chi connectivity index (χ1n) is 13.0. The van der Waals surface area contributed by atoms with Gasteiger partial charge in [-0.15, -0.1) is 11.8 Å². The van der Waals surface area contributed by atoms with E-state index in [9.17, 15) is 30.0 Å². The summed E-state index contributed by atoms with van der Waals surface area (Å²) < 4.78 is 16.4. The molecule has 2 heterocycles. The molecule has 9 atom stereocenters. The maximum atomic E-state index is 12.9. The van der Waals surface area contributed by atoms with Crippen LogP contribution in [0.2, 0.25) is 0 Å². The second kappa shape index (κ2) is 14.5. The number of methoxy groups -OCH3 is 1. The predicted octanol–water partition coefficient (Wildman–Crippen LogP) is 0.0366. The van der Waals surface area contributed by atoms with E-state index in [0.717, 1.165) is 31.1 Å². The van der Waals surface area contributed by atoms with Crippen molar-refractivity contribution in [1.82, 2.24) is 10.6 Å². The molecular formula is C26H40N2O9S. The smallest absolute Gasteiger partial charge is 0.341 e. The second-order valence-corrected chi connectivity index (χ2v) is 11.0. The summed E-state index contributed by atoms with van der Waals surface area (Å²) in [7, 11) is 1.45. The molecule has 38 heavy (non-hydrogen) atoms. The van der Waals surface area contributed by atoms with Gasteiger partial charge >= 0.3 is 5.97 Å². The summed E-state index contributed by atoms with van der Waals surface area (Å²) in [6.45, 7) is 4.27. The molecule has 6 N–H and O–H groups in total. The summed E-state index contributed by atoms with van der Waals surface area (Å²) in [6.07, 6.45) is -4.13. The van der Waals surface area contributed by atoms with Gasteiger partial charge in [0.15, 0.2) is 0 Å². The molecular weight excluding hydrogens is 516 g/mol. The number of para-hydroxylation sites is 1. The van der Waals surface area contributed by atoms with E-state index in [4.69, 9.17) is 14.2 Å². The number of ether oxygens (including phenoxy) is 3. The van der Waals surface area contributed by atoms with Crippen LogP contribution in [0.1, 0.15) is 43.5 Å². The zero-order chi connectivity index (χ0) is 27.8. The fourth-order valence-electron chi connectivity index (χ4n) is 4.88. The molecule has 0 unspecified atom stereocenters. The van der Waals surface area contributed by atoms with Gasteiger partial charge in [-0.3, -0.25) is 4.79 Å². The molecule has 2 aliphatic rings. The first-order valence-corrected chi connectivity index (χ1v) is 14.1. The lowest BCUT2D eigenvalue weighted by atomic mass is 9.92. The van der Waals surface area contributed by atoms with Gasteiger partial charge in [0.1, 0.15) is 47.8 Å². The minimum Gasteiger partial charge on any atom is -0.496 e. The molecule has 11 nitrogen and oxygen atoms in total. The van der Waals surface area contributed by atoms with Gasteiger partial charge in [-0.2, -0.15) is 0 Å². The first kappa shape index (κ1) is 30.6. The van der Waals surface area contributed by atoms with Crippen LogP contribution in [-0.4, -0.2) is 106 Å². The summed E-state index contributed by atoms with van der Waals surface area (Å²) in [5.74, 6) is 0.107. The SMILES string of the molecule is CCC[C@H]1CN[C@H](C(=O)N[C@@H]([C@H]2O[C@H](SCCOC(=O)c3ccccc3OC)[C@H](O)[C@@H](O)[C@H]2O)[C@@H](C)O)C1. The molecule has 1 aromatic carbocycles. The van der Waals surface area contributed by atoms with Gasteiger partial charge in [0, 0.05) is 5.75 Å². The van der Waals surface area contributed by atoms with Crippen molar-refractivity contribution in [1.29, 1.82) is 0 Å². The van der Waals surface area contributed by atoms with Gasteiger partial charge in [-0.25, -0.2) is 4.79 Å². The van der Waals surface area contributed by atoms with Crippen LogP contribution in [0.25, 0.3) is 0 Å². The monoisotopic (exact) mass is 556 g/mol. The number of hydrogen-bond acceptors (Lipinski definition) is 11. The number of aliphatic hydroxyl groups excluding tert-OH is 4. The highest BCUT2D eigenvalue weighted by atomic mass is 32.2. The van der Waals surface area contributed by atoms with E-state index in [0.29, 0.717) is 18.1 Å². The van der Waals surface area contributed by atoms with Crippen LogP contribution >= 0.6 is 11.8 Å². The fraction of sp³-hybridized carbons (Fsp3) is 0.692. The van der Waals surface area contributed by atoms with Gasteiger partial charge in [-0.05, 0) is 44.4 Å². The Morgan fingerprint density at radius 3 is 2.63 bits per heavy atom. The Kier molecular flexibility index (Phi) is 11.6. The van der Waals surface area contributed by atoms with Crippen LogP contribution in [0.3, 0.4) is 0 Å². The van der Waals surface area contributed by atoms with E-state index in [1.807, 2.05) is 0 Å². The zero-order valence-corrected chi connectivity index (χ0v) is 22.8. The van der Waals surface area contributed by atoms with E-state index in [1.165, 1.54) is 14.0 Å². The predicted molar refractivity (Wildman–Crippen MR) is 141 cm³/mol. The van der Waals surface area contributed by atoms with Crippen molar-refractivity contribution in [3.8, 4) is 5.75 Å². The van der Waals surface area contributed by atoms with Crippen LogP contribution in [0.5, 0.6) is 5.75 Å². The van der Waals surface area contributed by atoms with Crippen molar-refractivity contribution in [2.75, 3.05) is 26.0 Å². The third-order valence-electron chi connectivity index (χ3n) is 6.95. The van der Waals surface area contributed by atoms with Crippen LogP contribution in [-0.2, 0) is 14.3 Å². The van der Waals surface area contributed by atoms with Gasteiger partial charge in [0.2, 0.25) is 5.91 Å². The third-order valence-corrected chi connectivity index (χ3v) is 8.07. The van der Waals surface area contributed by atoms with E-state index < -0.39 is 54.0 Å². The summed E-state index contributed by atoms with van der Waals surface area (Å²) in [5, 5.41) is 48.1. The molecule has 0 saturated carbocycles. The van der Waals surface area contributed by atoms with Gasteiger partial charge in [0.05, 0.1) is 25.3 Å². The Hall–Kier alpha value is -1.93. The minimum atomic E-state index is -1.57. The minimum absolute atomic E-state index is 0.0136. The normalized spacial score (nSPS) is 30.9. The maximum absolute atomic E-state index is 12.9. The van der Waals surface area contributed by atoms with E-state index in [-0.39, 0.29) is 23.8 Å². The molecule has 0 aliphatic carbocycles. The molecule has 2 saturated heterocycles. The highest BCUT2D eigenvalue weighted by Gasteiger charge is 2.48. The number of thioether (sulfide) groups is 1. The second-order valence-electron chi connectivity index (χ2n) is 9.77. The molecule has 0 aromatic heterocycles. The van der Waals surface area contributed by atoms with Crippen LogP contribution in [0.15, 0.2) is 24.3 Å². The molecule has 0 radical (unpaired) electrons. The largest absolute Gasteiger partial charge is 0.496 e. The molecule has 2 fully saturated rings. The van der Waals surface area contributed by atoms with Crippen molar-refractivity contribution >= 4 is 23.6 Å². The van der Waals surface area contributed by atoms with Crippen molar-refractivity contribution in [2.45, 2.75) is 81.1 Å². The molecule has 214 valence electrons. The van der Waals surface area contributed by atoms with E-state index in [2.05, 4.69) is 17.6 Å². The summed E-state index contributed by atoms with van der Waals surface area (Å²) in [4.78, 5) is 25.3. The Balaban J connectivity index is 1.57. The number of nitrogens with one attached hydrogen (secondary N) is 2. The van der Waals surface area contributed by atoms with Crippen molar-refractivity contribution < 1.29 is 44.2 Å². The average molecular weight is 557 g/mol. The zero-order valence-electron chi connectivity index (χ0n) is 22.0. The summed E-state index contributed by atoms with van der Waals surface area (Å²) in [6, 6.07) is 5.20. The molecule has 0 bridgehead atoms. The summed E-state index contributed by atoms with van der Waals surface area (Å²) >= 11 is 1.08.